The van der Waals surface area contributed by atoms with Gasteiger partial charge in [0.1, 0.15) is 11.5 Å². The highest BCUT2D eigenvalue weighted by Crippen LogP contribution is 2.19. The lowest BCUT2D eigenvalue weighted by atomic mass is 10.1. The zero-order valence-corrected chi connectivity index (χ0v) is 20.4. The van der Waals surface area contributed by atoms with Crippen molar-refractivity contribution in [3.8, 4) is 11.4 Å². The Morgan fingerprint density at radius 1 is 1.09 bits per heavy atom. The monoisotopic (exact) mass is 473 g/mol. The van der Waals surface area contributed by atoms with E-state index in [-0.39, 0.29) is 11.5 Å². The van der Waals surface area contributed by atoms with E-state index in [0.717, 1.165) is 12.2 Å². The number of amides is 1. The van der Waals surface area contributed by atoms with E-state index in [1.807, 2.05) is 30.3 Å². The van der Waals surface area contributed by atoms with Gasteiger partial charge in [0.25, 0.3) is 11.5 Å². The summed E-state index contributed by atoms with van der Waals surface area (Å²) in [5, 5.41) is 4.18. The minimum atomic E-state index is -0.217. The van der Waals surface area contributed by atoms with Crippen molar-refractivity contribution in [2.45, 2.75) is 32.9 Å². The molecule has 0 saturated carbocycles. The van der Waals surface area contributed by atoms with Crippen molar-refractivity contribution < 1.29 is 13.9 Å². The van der Waals surface area contributed by atoms with Crippen molar-refractivity contribution >= 4 is 16.7 Å². The molecule has 1 atom stereocenters. The summed E-state index contributed by atoms with van der Waals surface area (Å²) in [6.45, 7) is 6.15. The van der Waals surface area contributed by atoms with E-state index in [9.17, 15) is 9.59 Å². The normalized spacial score (nSPS) is 12.1. The average molecular weight is 474 g/mol. The van der Waals surface area contributed by atoms with Crippen LogP contribution in [0.5, 0.6) is 5.75 Å². The summed E-state index contributed by atoms with van der Waals surface area (Å²) in [5.41, 5.74) is 0.942. The predicted molar refractivity (Wildman–Crippen MR) is 137 cm³/mol. The molecule has 0 bridgehead atoms. The van der Waals surface area contributed by atoms with Crippen LogP contribution < -0.4 is 15.6 Å². The molecule has 0 aliphatic heterocycles. The topological polar surface area (TPSA) is 76.7 Å². The van der Waals surface area contributed by atoms with Crippen LogP contribution in [0.1, 0.15) is 36.4 Å². The second-order valence-electron chi connectivity index (χ2n) is 8.52. The van der Waals surface area contributed by atoms with Gasteiger partial charge < -0.3 is 14.5 Å². The first-order valence-corrected chi connectivity index (χ1v) is 11.8. The number of nitrogens with one attached hydrogen (secondary N) is 1. The van der Waals surface area contributed by atoms with Gasteiger partial charge >= 0.3 is 0 Å². The molecule has 1 amide bonds. The Labute approximate surface area is 204 Å². The number of ether oxygens (including phenoxy) is 1. The average Bonchev–Trinajstić information content (AvgIpc) is 3.41. The van der Waals surface area contributed by atoms with Gasteiger partial charge in [-0.2, -0.15) is 0 Å². The number of rotatable bonds is 10. The maximum absolute atomic E-state index is 13.3. The number of fused-ring (bicyclic) bond motifs is 1. The van der Waals surface area contributed by atoms with Gasteiger partial charge in [0.05, 0.1) is 25.5 Å². The Morgan fingerprint density at radius 2 is 1.83 bits per heavy atom. The molecule has 0 spiro atoms. The molecule has 0 fully saturated rings. The van der Waals surface area contributed by atoms with Crippen LogP contribution in [-0.4, -0.2) is 41.6 Å². The minimum Gasteiger partial charge on any atom is -0.497 e. The molecule has 0 radical (unpaired) electrons. The molecule has 182 valence electrons. The quantitative estimate of drug-likeness (QED) is 0.364. The molecular formula is C28H31N3O4. The first-order valence-electron chi connectivity index (χ1n) is 11.8. The summed E-state index contributed by atoms with van der Waals surface area (Å²) in [6, 6.07) is 18.6. The lowest BCUT2D eigenvalue weighted by Crippen LogP contribution is -2.39. The molecule has 0 aliphatic rings. The Hall–Kier alpha value is -3.84. The Balaban J connectivity index is 1.57. The number of nitrogens with zero attached hydrogens (tertiary/aromatic N) is 2. The van der Waals surface area contributed by atoms with Crippen molar-refractivity contribution in [1.82, 2.24) is 14.8 Å². The molecule has 35 heavy (non-hydrogen) atoms. The summed E-state index contributed by atoms with van der Waals surface area (Å²) >= 11 is 0. The van der Waals surface area contributed by atoms with Crippen LogP contribution in [0.15, 0.2) is 82.3 Å². The Kier molecular flexibility index (Phi) is 7.67. The number of furan rings is 1. The van der Waals surface area contributed by atoms with Crippen LogP contribution in [0.4, 0.5) is 0 Å². The van der Waals surface area contributed by atoms with Gasteiger partial charge in [-0.1, -0.05) is 25.1 Å². The number of hydrogen-bond acceptors (Lipinski definition) is 5. The fourth-order valence-corrected chi connectivity index (χ4v) is 4.13. The predicted octanol–water partition coefficient (Wildman–Crippen LogP) is 4.62. The van der Waals surface area contributed by atoms with E-state index in [0.29, 0.717) is 53.4 Å². The number of carbonyl (C=O) groups is 1. The van der Waals surface area contributed by atoms with Crippen molar-refractivity contribution in [1.29, 1.82) is 0 Å². The number of benzene rings is 2. The van der Waals surface area contributed by atoms with E-state index in [1.165, 1.54) is 4.57 Å². The molecular weight excluding hydrogens is 442 g/mol. The van der Waals surface area contributed by atoms with Crippen molar-refractivity contribution in [2.24, 2.45) is 0 Å². The summed E-state index contributed by atoms with van der Waals surface area (Å²) in [7, 11) is 1.59. The van der Waals surface area contributed by atoms with Crippen LogP contribution in [0, 0.1) is 0 Å². The molecule has 0 aliphatic carbocycles. The van der Waals surface area contributed by atoms with Gasteiger partial charge in [-0.25, -0.2) is 0 Å². The van der Waals surface area contributed by atoms with E-state index in [2.05, 4.69) is 24.1 Å². The van der Waals surface area contributed by atoms with Crippen LogP contribution >= 0.6 is 0 Å². The number of pyridine rings is 1. The first kappa shape index (κ1) is 24.3. The number of aromatic nitrogens is 1. The molecule has 2 aromatic carbocycles. The lowest BCUT2D eigenvalue weighted by molar-refractivity contribution is 0.0942. The number of methoxy groups -OCH3 is 1. The van der Waals surface area contributed by atoms with Gasteiger partial charge in [0, 0.05) is 41.8 Å². The van der Waals surface area contributed by atoms with Crippen molar-refractivity contribution in [2.75, 3.05) is 20.2 Å². The third kappa shape index (κ3) is 5.46. The minimum absolute atomic E-state index is 0.177. The van der Waals surface area contributed by atoms with E-state index < -0.39 is 0 Å². The lowest BCUT2D eigenvalue weighted by Gasteiger charge is -2.27. The standard InChI is InChI=1S/C28H31N3O4/c1-4-20(2)30(18-23-8-7-17-35-23)16-15-29-27(32)26-19-31(21-11-13-22(34-3)14-12-21)28(33)25-10-6-5-9-24(25)26/h5-14,17,19-20H,4,15-16,18H2,1-3H3,(H,29,32)/t20-/m0/s1. The zero-order chi connectivity index (χ0) is 24.8. The Bertz CT molecular complexity index is 1330. The molecule has 4 aromatic rings. The first-order chi connectivity index (χ1) is 17.0. The highest BCUT2D eigenvalue weighted by Gasteiger charge is 2.18. The van der Waals surface area contributed by atoms with E-state index in [4.69, 9.17) is 9.15 Å². The number of carbonyl (C=O) groups excluding carboxylic acids is 1. The van der Waals surface area contributed by atoms with Gasteiger partial charge in [0.2, 0.25) is 0 Å². The third-order valence-corrected chi connectivity index (χ3v) is 6.36. The van der Waals surface area contributed by atoms with Crippen LogP contribution in [0.25, 0.3) is 16.5 Å². The summed E-state index contributed by atoms with van der Waals surface area (Å²) in [4.78, 5) is 28.8. The van der Waals surface area contributed by atoms with E-state index >= 15 is 0 Å². The molecule has 2 heterocycles. The zero-order valence-electron chi connectivity index (χ0n) is 20.4. The molecule has 4 rings (SSSR count). The molecule has 0 unspecified atom stereocenters. The molecule has 0 saturated heterocycles. The molecule has 7 heteroatoms. The van der Waals surface area contributed by atoms with Gasteiger partial charge in [-0.05, 0) is 55.8 Å². The van der Waals surface area contributed by atoms with E-state index in [1.54, 1.807) is 49.9 Å². The second-order valence-corrected chi connectivity index (χ2v) is 8.52. The smallest absolute Gasteiger partial charge is 0.262 e. The van der Waals surface area contributed by atoms with Gasteiger partial charge in [-0.3, -0.25) is 19.1 Å². The van der Waals surface area contributed by atoms with Crippen LogP contribution in [0.3, 0.4) is 0 Å². The maximum atomic E-state index is 13.3. The summed E-state index contributed by atoms with van der Waals surface area (Å²) < 4.78 is 12.3. The third-order valence-electron chi connectivity index (χ3n) is 6.36. The van der Waals surface area contributed by atoms with Crippen molar-refractivity contribution in [3.05, 3.63) is 94.8 Å². The molecule has 1 N–H and O–H groups in total. The van der Waals surface area contributed by atoms with Gasteiger partial charge in [-0.15, -0.1) is 0 Å². The molecule has 7 nitrogen and oxygen atoms in total. The maximum Gasteiger partial charge on any atom is 0.262 e. The SMILES string of the molecule is CC[C@H](C)N(CCNC(=O)c1cn(-c2ccc(OC)cc2)c(=O)c2ccccc12)Cc1ccco1. The van der Waals surface area contributed by atoms with Crippen molar-refractivity contribution in [3.63, 3.8) is 0 Å². The highest BCUT2D eigenvalue weighted by molar-refractivity contribution is 6.06. The molecule has 2 aromatic heterocycles. The number of hydrogen-bond donors (Lipinski definition) is 1. The van der Waals surface area contributed by atoms with Crippen LogP contribution in [0.2, 0.25) is 0 Å². The highest BCUT2D eigenvalue weighted by atomic mass is 16.5. The Morgan fingerprint density at radius 3 is 2.49 bits per heavy atom. The van der Waals surface area contributed by atoms with Gasteiger partial charge in [0.15, 0.2) is 0 Å². The summed E-state index contributed by atoms with van der Waals surface area (Å²) in [6.07, 6.45) is 4.29. The fraction of sp³-hybridized carbons (Fsp3) is 0.286. The fourth-order valence-electron chi connectivity index (χ4n) is 4.13. The largest absolute Gasteiger partial charge is 0.497 e. The van der Waals surface area contributed by atoms with Crippen LogP contribution in [-0.2, 0) is 6.54 Å². The second kappa shape index (κ2) is 11.1. The summed E-state index contributed by atoms with van der Waals surface area (Å²) in [5.74, 6) is 1.38.